The van der Waals surface area contributed by atoms with Gasteiger partial charge in [0.25, 0.3) is 11.6 Å². The zero-order valence-corrected chi connectivity index (χ0v) is 15.0. The third-order valence-electron chi connectivity index (χ3n) is 4.33. The average molecular weight is 374 g/mol. The molecule has 0 spiro atoms. The van der Waals surface area contributed by atoms with Crippen molar-refractivity contribution in [2.75, 3.05) is 14.2 Å². The number of fused-ring (bicyclic) bond motifs is 3. The van der Waals surface area contributed by atoms with Gasteiger partial charge < -0.3 is 9.47 Å². The summed E-state index contributed by atoms with van der Waals surface area (Å²) in [7, 11) is 3.23. The Morgan fingerprint density at radius 2 is 1.04 bits per heavy atom. The third-order valence-corrected chi connectivity index (χ3v) is 4.33. The highest BCUT2D eigenvalue weighted by Gasteiger charge is 2.19. The van der Waals surface area contributed by atoms with Crippen molar-refractivity contribution >= 4 is 11.6 Å². The van der Waals surface area contributed by atoms with Gasteiger partial charge in [0.15, 0.2) is 11.6 Å². The first-order valence-electron chi connectivity index (χ1n) is 8.40. The summed E-state index contributed by atoms with van der Waals surface area (Å²) in [5.74, 6) is 3.22. The van der Waals surface area contributed by atoms with E-state index in [0.29, 0.717) is 34.7 Å². The standard InChI is InChI=1S/C18H14N8O2/c1-27-13-7-3-5-11(9-13)15-19-21-17-23-24-18-22-20-16(26(18)25(15)17)12-6-4-8-14(10-12)28-2/h3-10H,1-2H3. The Morgan fingerprint density at radius 1 is 0.607 bits per heavy atom. The highest BCUT2D eigenvalue weighted by atomic mass is 16.5. The van der Waals surface area contributed by atoms with Crippen LogP contribution in [0.3, 0.4) is 0 Å². The van der Waals surface area contributed by atoms with Crippen molar-refractivity contribution in [3.05, 3.63) is 48.5 Å². The lowest BCUT2D eigenvalue weighted by molar-refractivity contribution is 0.415. The van der Waals surface area contributed by atoms with Crippen molar-refractivity contribution in [2.45, 2.75) is 0 Å². The van der Waals surface area contributed by atoms with Crippen LogP contribution in [0.5, 0.6) is 11.5 Å². The van der Waals surface area contributed by atoms with Crippen LogP contribution in [-0.4, -0.2) is 53.8 Å². The smallest absolute Gasteiger partial charge is 0.290 e. The molecule has 0 atom stereocenters. The number of hydrogen-bond acceptors (Lipinski definition) is 8. The van der Waals surface area contributed by atoms with E-state index in [4.69, 9.17) is 9.47 Å². The van der Waals surface area contributed by atoms with Gasteiger partial charge in [-0.3, -0.25) is 0 Å². The fourth-order valence-electron chi connectivity index (χ4n) is 3.01. The molecular weight excluding hydrogens is 360 g/mol. The summed E-state index contributed by atoms with van der Waals surface area (Å²) in [6.45, 7) is 0. The van der Waals surface area contributed by atoms with Crippen molar-refractivity contribution in [3.8, 4) is 34.3 Å². The molecule has 0 fully saturated rings. The molecule has 28 heavy (non-hydrogen) atoms. The maximum Gasteiger partial charge on any atom is 0.290 e. The molecule has 0 saturated carbocycles. The van der Waals surface area contributed by atoms with E-state index in [1.807, 2.05) is 48.5 Å². The molecule has 0 saturated heterocycles. The van der Waals surface area contributed by atoms with Gasteiger partial charge in [-0.15, -0.1) is 30.6 Å². The molecule has 0 aliphatic rings. The summed E-state index contributed by atoms with van der Waals surface area (Å²) in [6, 6.07) is 15.1. The Balaban J connectivity index is 1.81. The van der Waals surface area contributed by atoms with Crippen LogP contribution in [0.25, 0.3) is 34.3 Å². The normalized spacial score (nSPS) is 11.2. The predicted molar refractivity (Wildman–Crippen MR) is 99.1 cm³/mol. The molecule has 10 heteroatoms. The van der Waals surface area contributed by atoms with E-state index in [0.717, 1.165) is 11.1 Å². The van der Waals surface area contributed by atoms with Gasteiger partial charge in [-0.05, 0) is 24.3 Å². The van der Waals surface area contributed by atoms with Crippen molar-refractivity contribution in [1.29, 1.82) is 0 Å². The first kappa shape index (κ1) is 16.1. The van der Waals surface area contributed by atoms with Gasteiger partial charge in [0.05, 0.1) is 14.2 Å². The summed E-state index contributed by atoms with van der Waals surface area (Å²) in [4.78, 5) is 0. The minimum atomic E-state index is 0.328. The van der Waals surface area contributed by atoms with Crippen LogP contribution in [-0.2, 0) is 0 Å². The quantitative estimate of drug-likeness (QED) is 0.470. The topological polar surface area (TPSA) is 105 Å². The minimum Gasteiger partial charge on any atom is -0.497 e. The first-order chi connectivity index (χ1) is 13.8. The number of ether oxygens (including phenoxy) is 2. The molecule has 0 unspecified atom stereocenters. The number of nitrogens with zero attached hydrogens (tertiary/aromatic N) is 8. The maximum atomic E-state index is 5.33. The number of methoxy groups -OCH3 is 2. The molecule has 0 bridgehead atoms. The fourth-order valence-corrected chi connectivity index (χ4v) is 3.01. The van der Waals surface area contributed by atoms with E-state index in [1.54, 1.807) is 23.3 Å². The molecule has 0 aliphatic carbocycles. The molecule has 5 aromatic rings. The van der Waals surface area contributed by atoms with Crippen LogP contribution in [0.2, 0.25) is 0 Å². The second-order valence-electron chi connectivity index (χ2n) is 5.93. The van der Waals surface area contributed by atoms with Crippen LogP contribution in [0.1, 0.15) is 0 Å². The monoisotopic (exact) mass is 374 g/mol. The van der Waals surface area contributed by atoms with Crippen LogP contribution >= 0.6 is 0 Å². The highest BCUT2D eigenvalue weighted by Crippen LogP contribution is 2.26. The number of aromatic nitrogens is 8. The molecule has 10 nitrogen and oxygen atoms in total. The molecule has 3 aromatic heterocycles. The van der Waals surface area contributed by atoms with Crippen LogP contribution in [0, 0.1) is 0 Å². The van der Waals surface area contributed by atoms with Crippen molar-refractivity contribution in [3.63, 3.8) is 0 Å². The average Bonchev–Trinajstić information content (AvgIpc) is 3.37. The minimum absolute atomic E-state index is 0.328. The van der Waals surface area contributed by atoms with Gasteiger partial charge in [-0.25, -0.2) is 0 Å². The molecule has 0 radical (unpaired) electrons. The maximum absolute atomic E-state index is 5.33. The summed E-state index contributed by atoms with van der Waals surface area (Å²) in [5.41, 5.74) is 1.62. The van der Waals surface area contributed by atoms with Crippen LogP contribution in [0.15, 0.2) is 48.5 Å². The Kier molecular flexibility index (Phi) is 3.61. The van der Waals surface area contributed by atoms with E-state index >= 15 is 0 Å². The van der Waals surface area contributed by atoms with Gasteiger partial charge in [0.2, 0.25) is 0 Å². The van der Waals surface area contributed by atoms with Gasteiger partial charge in [0.1, 0.15) is 11.5 Å². The Bertz CT molecular complexity index is 1210. The summed E-state index contributed by atoms with van der Waals surface area (Å²) < 4.78 is 14.1. The lowest BCUT2D eigenvalue weighted by atomic mass is 10.2. The Hall–Kier alpha value is -4.08. The summed E-state index contributed by atoms with van der Waals surface area (Å²) >= 11 is 0. The number of hydrogen-bond donors (Lipinski definition) is 0. The SMILES string of the molecule is COc1cccc(-c2nnc3nnc4nnc(-c5cccc(OC)c5)n4n23)c1. The molecule has 3 heterocycles. The van der Waals surface area contributed by atoms with Crippen molar-refractivity contribution < 1.29 is 9.47 Å². The van der Waals surface area contributed by atoms with E-state index in [2.05, 4.69) is 30.6 Å². The number of rotatable bonds is 4. The van der Waals surface area contributed by atoms with Crippen molar-refractivity contribution in [2.24, 2.45) is 0 Å². The van der Waals surface area contributed by atoms with E-state index in [1.165, 1.54) is 0 Å². The molecular formula is C18H14N8O2. The molecule has 0 amide bonds. The zero-order valence-electron chi connectivity index (χ0n) is 15.0. The lowest BCUT2D eigenvalue weighted by Crippen LogP contribution is -2.07. The van der Waals surface area contributed by atoms with E-state index in [9.17, 15) is 0 Å². The summed E-state index contributed by atoms with van der Waals surface area (Å²) in [6.07, 6.45) is 0. The zero-order chi connectivity index (χ0) is 19.1. The van der Waals surface area contributed by atoms with Gasteiger partial charge in [-0.2, -0.15) is 9.03 Å². The predicted octanol–water partition coefficient (Wildman–Crippen LogP) is 1.91. The highest BCUT2D eigenvalue weighted by molar-refractivity contribution is 5.63. The van der Waals surface area contributed by atoms with E-state index in [-0.39, 0.29) is 0 Å². The van der Waals surface area contributed by atoms with Crippen LogP contribution in [0.4, 0.5) is 0 Å². The Morgan fingerprint density at radius 3 is 1.46 bits per heavy atom. The van der Waals surface area contributed by atoms with Gasteiger partial charge in [-0.1, -0.05) is 24.3 Å². The largest absolute Gasteiger partial charge is 0.497 e. The molecule has 5 rings (SSSR count). The van der Waals surface area contributed by atoms with Gasteiger partial charge >= 0.3 is 0 Å². The van der Waals surface area contributed by atoms with Gasteiger partial charge in [0, 0.05) is 11.1 Å². The van der Waals surface area contributed by atoms with E-state index < -0.39 is 0 Å². The van der Waals surface area contributed by atoms with Crippen LogP contribution < -0.4 is 9.47 Å². The first-order valence-corrected chi connectivity index (χ1v) is 8.40. The molecule has 0 N–H and O–H groups in total. The molecule has 2 aromatic carbocycles. The number of benzene rings is 2. The second-order valence-corrected chi connectivity index (χ2v) is 5.93. The third kappa shape index (κ3) is 2.42. The molecule has 0 aliphatic heterocycles. The second kappa shape index (κ2) is 6.27. The fraction of sp³-hybridized carbons (Fsp3) is 0.111. The lowest BCUT2D eigenvalue weighted by Gasteiger charge is -2.07. The Labute approximate surface area is 158 Å². The summed E-state index contributed by atoms with van der Waals surface area (Å²) in [5, 5.41) is 25.1. The van der Waals surface area contributed by atoms with Crippen molar-refractivity contribution in [1.82, 2.24) is 39.6 Å². The molecule has 138 valence electrons.